The van der Waals surface area contributed by atoms with Gasteiger partial charge >= 0.3 is 0 Å². The van der Waals surface area contributed by atoms with Gasteiger partial charge in [-0.25, -0.2) is 4.98 Å². The van der Waals surface area contributed by atoms with Crippen molar-refractivity contribution in [3.8, 4) is 0 Å². The Labute approximate surface area is 106 Å². The van der Waals surface area contributed by atoms with Gasteiger partial charge in [-0.2, -0.15) is 0 Å². The smallest absolute Gasteiger partial charge is 0.251 e. The topological polar surface area (TPSA) is 62.2 Å². The van der Waals surface area contributed by atoms with Gasteiger partial charge in [0.2, 0.25) is 0 Å². The van der Waals surface area contributed by atoms with E-state index in [-0.39, 0.29) is 18.6 Å². The summed E-state index contributed by atoms with van der Waals surface area (Å²) in [6, 6.07) is 2.98. The summed E-state index contributed by atoms with van der Waals surface area (Å²) < 4.78 is 0. The summed E-state index contributed by atoms with van der Waals surface area (Å²) in [6.07, 6.45) is 1.73. The Balaban J connectivity index is 2.85. The quantitative estimate of drug-likeness (QED) is 0.790. The maximum Gasteiger partial charge on any atom is 0.251 e. The van der Waals surface area contributed by atoms with Gasteiger partial charge < -0.3 is 10.4 Å². The van der Waals surface area contributed by atoms with E-state index in [0.717, 1.165) is 18.5 Å². The van der Waals surface area contributed by atoms with Crippen LogP contribution in [0.15, 0.2) is 12.1 Å². The van der Waals surface area contributed by atoms with Crippen molar-refractivity contribution < 1.29 is 9.90 Å². The Morgan fingerprint density at radius 3 is 2.88 bits per heavy atom. The molecule has 1 heterocycles. The van der Waals surface area contributed by atoms with Gasteiger partial charge in [-0.3, -0.25) is 4.79 Å². The summed E-state index contributed by atoms with van der Waals surface area (Å²) in [5.74, 6) is -0.242. The van der Waals surface area contributed by atoms with Crippen molar-refractivity contribution in [3.63, 3.8) is 0 Å². The van der Waals surface area contributed by atoms with Crippen molar-refractivity contribution in [3.05, 3.63) is 28.5 Å². The lowest BCUT2D eigenvalue weighted by Crippen LogP contribution is -2.35. The monoisotopic (exact) mass is 256 g/mol. The zero-order chi connectivity index (χ0) is 12.8. The van der Waals surface area contributed by atoms with Crippen LogP contribution < -0.4 is 5.32 Å². The third-order valence-corrected chi connectivity index (χ3v) is 2.46. The molecule has 0 bridgehead atoms. The van der Waals surface area contributed by atoms with Gasteiger partial charge in [0, 0.05) is 17.3 Å². The number of nitrogens with one attached hydrogen (secondary N) is 1. The van der Waals surface area contributed by atoms with Crippen LogP contribution in [0.5, 0.6) is 0 Å². The molecule has 1 aromatic heterocycles. The number of hydrogen-bond donors (Lipinski definition) is 2. The number of nitrogens with zero attached hydrogens (tertiary/aromatic N) is 1. The Morgan fingerprint density at radius 2 is 2.29 bits per heavy atom. The number of amides is 1. The zero-order valence-electron chi connectivity index (χ0n) is 10.0. The van der Waals surface area contributed by atoms with Gasteiger partial charge in [0.25, 0.3) is 5.91 Å². The lowest BCUT2D eigenvalue weighted by molar-refractivity contribution is 0.0922. The molecule has 0 saturated heterocycles. The van der Waals surface area contributed by atoms with Gasteiger partial charge in [0.15, 0.2) is 0 Å². The molecule has 5 heteroatoms. The zero-order valence-corrected chi connectivity index (χ0v) is 10.8. The number of carbonyl (C=O) groups is 1. The molecule has 0 fully saturated rings. The third-order valence-electron chi connectivity index (χ3n) is 2.27. The Morgan fingerprint density at radius 1 is 1.59 bits per heavy atom. The van der Waals surface area contributed by atoms with Crippen LogP contribution in [0.4, 0.5) is 0 Å². The van der Waals surface area contributed by atoms with Crippen molar-refractivity contribution in [2.24, 2.45) is 0 Å². The summed E-state index contributed by atoms with van der Waals surface area (Å²) in [7, 11) is 0. The molecule has 1 amide bonds. The maximum absolute atomic E-state index is 11.8. The fourth-order valence-electron chi connectivity index (χ4n) is 1.42. The first kappa shape index (κ1) is 13.9. The average Bonchev–Trinajstić information content (AvgIpc) is 2.28. The van der Waals surface area contributed by atoms with Gasteiger partial charge in [-0.05, 0) is 25.5 Å². The minimum absolute atomic E-state index is 0.0909. The molecular formula is C12H17ClN2O2. The van der Waals surface area contributed by atoms with Crippen LogP contribution >= 0.6 is 11.6 Å². The molecule has 0 aromatic carbocycles. The minimum Gasteiger partial charge on any atom is -0.394 e. The normalized spacial score (nSPS) is 12.2. The molecule has 0 spiro atoms. The van der Waals surface area contributed by atoms with E-state index in [2.05, 4.69) is 10.3 Å². The van der Waals surface area contributed by atoms with Gasteiger partial charge in [-0.15, -0.1) is 0 Å². The first-order chi connectivity index (χ1) is 8.06. The van der Waals surface area contributed by atoms with E-state index in [4.69, 9.17) is 16.7 Å². The van der Waals surface area contributed by atoms with Crippen molar-refractivity contribution in [1.29, 1.82) is 0 Å². The van der Waals surface area contributed by atoms with Gasteiger partial charge in [0.05, 0.1) is 6.61 Å². The van der Waals surface area contributed by atoms with E-state index < -0.39 is 0 Å². The number of aliphatic hydroxyl groups excluding tert-OH is 1. The second-order valence-corrected chi connectivity index (χ2v) is 4.36. The number of aryl methyl sites for hydroxylation is 1. The number of hydrogen-bond acceptors (Lipinski definition) is 3. The highest BCUT2D eigenvalue weighted by Crippen LogP contribution is 2.12. The molecule has 1 aromatic rings. The molecule has 1 atom stereocenters. The fraction of sp³-hybridized carbons (Fsp3) is 0.500. The van der Waals surface area contributed by atoms with E-state index in [1.165, 1.54) is 6.07 Å². The number of pyridine rings is 1. The van der Waals surface area contributed by atoms with E-state index >= 15 is 0 Å². The second kappa shape index (κ2) is 6.57. The SMILES string of the molecule is CCCc1cc(C(=O)NC(C)CO)cc(Cl)n1. The fourth-order valence-corrected chi connectivity index (χ4v) is 1.65. The molecule has 0 aliphatic carbocycles. The number of aromatic nitrogens is 1. The molecule has 0 saturated carbocycles. The number of aliphatic hydroxyl groups is 1. The molecule has 0 radical (unpaired) electrons. The van der Waals surface area contributed by atoms with E-state index in [1.807, 2.05) is 6.92 Å². The summed E-state index contributed by atoms with van der Waals surface area (Å²) >= 11 is 5.86. The van der Waals surface area contributed by atoms with Crippen LogP contribution in [0.25, 0.3) is 0 Å². The van der Waals surface area contributed by atoms with E-state index in [1.54, 1.807) is 13.0 Å². The number of halogens is 1. The van der Waals surface area contributed by atoms with Gasteiger partial charge in [0.1, 0.15) is 5.15 Å². The highest BCUT2D eigenvalue weighted by atomic mass is 35.5. The lowest BCUT2D eigenvalue weighted by atomic mass is 10.1. The lowest BCUT2D eigenvalue weighted by Gasteiger charge is -2.11. The second-order valence-electron chi connectivity index (χ2n) is 3.98. The predicted molar refractivity (Wildman–Crippen MR) is 67.3 cm³/mol. The van der Waals surface area contributed by atoms with Crippen molar-refractivity contribution in [1.82, 2.24) is 10.3 Å². The summed E-state index contributed by atoms with van der Waals surface area (Å²) in [5.41, 5.74) is 1.29. The van der Waals surface area contributed by atoms with Crippen molar-refractivity contribution in [2.75, 3.05) is 6.61 Å². The number of carbonyl (C=O) groups excluding carboxylic acids is 1. The van der Waals surface area contributed by atoms with Gasteiger partial charge in [-0.1, -0.05) is 24.9 Å². The number of rotatable bonds is 5. The molecule has 0 aliphatic heterocycles. The predicted octanol–water partition coefficient (Wildman–Crippen LogP) is 1.80. The van der Waals surface area contributed by atoms with E-state index in [9.17, 15) is 4.79 Å². The standard InChI is InChI=1S/C12H17ClN2O2/c1-3-4-10-5-9(6-11(13)15-10)12(17)14-8(2)7-16/h5-6,8,16H,3-4,7H2,1-2H3,(H,14,17). The Bertz CT molecular complexity index is 396. The Hall–Kier alpha value is -1.13. The first-order valence-electron chi connectivity index (χ1n) is 5.65. The van der Waals surface area contributed by atoms with Crippen LogP contribution in [0.1, 0.15) is 36.3 Å². The molecule has 17 heavy (non-hydrogen) atoms. The molecule has 2 N–H and O–H groups in total. The van der Waals surface area contributed by atoms with Crippen molar-refractivity contribution >= 4 is 17.5 Å². The van der Waals surface area contributed by atoms with E-state index in [0.29, 0.717) is 10.7 Å². The molecule has 94 valence electrons. The minimum atomic E-state index is -0.274. The Kier molecular flexibility index (Phi) is 5.38. The average molecular weight is 257 g/mol. The first-order valence-corrected chi connectivity index (χ1v) is 6.02. The molecule has 0 aliphatic rings. The van der Waals surface area contributed by atoms with Crippen LogP contribution in [-0.2, 0) is 6.42 Å². The summed E-state index contributed by atoms with van der Waals surface area (Å²) in [6.45, 7) is 3.68. The van der Waals surface area contributed by atoms with Crippen LogP contribution in [0.3, 0.4) is 0 Å². The highest BCUT2D eigenvalue weighted by Gasteiger charge is 2.11. The van der Waals surface area contributed by atoms with Crippen molar-refractivity contribution in [2.45, 2.75) is 32.7 Å². The largest absolute Gasteiger partial charge is 0.394 e. The van der Waals surface area contributed by atoms with Crippen LogP contribution in [0.2, 0.25) is 5.15 Å². The molecule has 4 nitrogen and oxygen atoms in total. The third kappa shape index (κ3) is 4.32. The highest BCUT2D eigenvalue weighted by molar-refractivity contribution is 6.29. The molecular weight excluding hydrogens is 240 g/mol. The maximum atomic E-state index is 11.8. The van der Waals surface area contributed by atoms with Crippen LogP contribution in [-0.4, -0.2) is 28.6 Å². The molecule has 1 rings (SSSR count). The summed E-state index contributed by atoms with van der Waals surface area (Å²) in [5, 5.41) is 11.9. The molecule has 1 unspecified atom stereocenters. The summed E-state index contributed by atoms with van der Waals surface area (Å²) in [4.78, 5) is 16.0. The van der Waals surface area contributed by atoms with Crippen LogP contribution in [0, 0.1) is 0 Å².